The van der Waals surface area contributed by atoms with Gasteiger partial charge in [0, 0.05) is 18.8 Å². The van der Waals surface area contributed by atoms with Crippen molar-refractivity contribution in [3.8, 4) is 0 Å². The molecule has 1 unspecified atom stereocenters. The Hall–Kier alpha value is -1.65. The number of aryl methyl sites for hydroxylation is 1. The third kappa shape index (κ3) is 2.78. The standard InChI is InChI=1S/C13H20N4O/c1-8-7-11(17-13(14-3)15-8)12(18)16-9(2)10-5-4-6-10/h7,9-10H,4-6H2,1-3H3,(H,16,18)(H,14,15,17). The van der Waals surface area contributed by atoms with Gasteiger partial charge in [-0.2, -0.15) is 0 Å². The maximum Gasteiger partial charge on any atom is 0.270 e. The number of anilines is 1. The summed E-state index contributed by atoms with van der Waals surface area (Å²) >= 11 is 0. The van der Waals surface area contributed by atoms with Crippen LogP contribution in [-0.4, -0.2) is 29.0 Å². The van der Waals surface area contributed by atoms with Crippen LogP contribution in [0, 0.1) is 12.8 Å². The van der Waals surface area contributed by atoms with Crippen LogP contribution in [-0.2, 0) is 0 Å². The van der Waals surface area contributed by atoms with E-state index in [-0.39, 0.29) is 11.9 Å². The molecular formula is C13H20N4O. The maximum atomic E-state index is 12.1. The maximum absolute atomic E-state index is 12.1. The quantitative estimate of drug-likeness (QED) is 0.851. The normalized spacial score (nSPS) is 16.8. The summed E-state index contributed by atoms with van der Waals surface area (Å²) in [4.78, 5) is 20.4. The van der Waals surface area contributed by atoms with Gasteiger partial charge in [-0.25, -0.2) is 9.97 Å². The van der Waals surface area contributed by atoms with Gasteiger partial charge >= 0.3 is 0 Å². The SMILES string of the molecule is CNc1nc(C)cc(C(=O)NC(C)C2CCC2)n1. The van der Waals surface area contributed by atoms with Crippen LogP contribution in [0.3, 0.4) is 0 Å². The van der Waals surface area contributed by atoms with Crippen molar-refractivity contribution in [1.29, 1.82) is 0 Å². The predicted octanol–water partition coefficient (Wildman–Crippen LogP) is 1.75. The Kier molecular flexibility index (Phi) is 3.79. The third-order valence-electron chi connectivity index (χ3n) is 3.53. The highest BCUT2D eigenvalue weighted by Crippen LogP contribution is 2.29. The van der Waals surface area contributed by atoms with Gasteiger partial charge in [0.05, 0.1) is 0 Å². The number of carbonyl (C=O) groups is 1. The van der Waals surface area contributed by atoms with Crippen LogP contribution in [0.25, 0.3) is 0 Å². The minimum absolute atomic E-state index is 0.114. The van der Waals surface area contributed by atoms with Gasteiger partial charge in [-0.3, -0.25) is 4.79 Å². The molecule has 0 aliphatic heterocycles. The molecule has 1 saturated carbocycles. The monoisotopic (exact) mass is 248 g/mol. The fraction of sp³-hybridized carbons (Fsp3) is 0.615. The number of nitrogens with one attached hydrogen (secondary N) is 2. The lowest BCUT2D eigenvalue weighted by molar-refractivity contribution is 0.0904. The summed E-state index contributed by atoms with van der Waals surface area (Å²) < 4.78 is 0. The van der Waals surface area contributed by atoms with Gasteiger partial charge < -0.3 is 10.6 Å². The van der Waals surface area contributed by atoms with Crippen LogP contribution in [0.5, 0.6) is 0 Å². The average molecular weight is 248 g/mol. The van der Waals surface area contributed by atoms with Crippen molar-refractivity contribution in [2.75, 3.05) is 12.4 Å². The van der Waals surface area contributed by atoms with Crippen molar-refractivity contribution in [2.45, 2.75) is 39.2 Å². The second-order valence-electron chi connectivity index (χ2n) is 4.92. The van der Waals surface area contributed by atoms with Gasteiger partial charge in [0.2, 0.25) is 5.95 Å². The van der Waals surface area contributed by atoms with Crippen LogP contribution in [0.2, 0.25) is 0 Å². The topological polar surface area (TPSA) is 66.9 Å². The molecule has 2 rings (SSSR count). The van der Waals surface area contributed by atoms with Crippen molar-refractivity contribution < 1.29 is 4.79 Å². The second-order valence-corrected chi connectivity index (χ2v) is 4.92. The molecule has 1 aliphatic carbocycles. The molecule has 5 nitrogen and oxygen atoms in total. The van der Waals surface area contributed by atoms with E-state index in [1.54, 1.807) is 13.1 Å². The Labute approximate surface area is 107 Å². The Balaban J connectivity index is 2.05. The molecule has 1 aromatic heterocycles. The summed E-state index contributed by atoms with van der Waals surface area (Å²) in [5, 5.41) is 5.88. The number of nitrogens with zero attached hydrogens (tertiary/aromatic N) is 2. The zero-order valence-electron chi connectivity index (χ0n) is 11.2. The Bertz CT molecular complexity index is 443. The molecule has 98 valence electrons. The van der Waals surface area contributed by atoms with Crippen LogP contribution < -0.4 is 10.6 Å². The lowest BCUT2D eigenvalue weighted by Crippen LogP contribution is -2.41. The summed E-state index contributed by atoms with van der Waals surface area (Å²) in [6.45, 7) is 3.92. The summed E-state index contributed by atoms with van der Waals surface area (Å²) in [5.74, 6) is 0.994. The van der Waals surface area contributed by atoms with Crippen LogP contribution in [0.1, 0.15) is 42.4 Å². The highest BCUT2D eigenvalue weighted by Gasteiger charge is 2.25. The van der Waals surface area contributed by atoms with Crippen molar-refractivity contribution in [3.63, 3.8) is 0 Å². The summed E-state index contributed by atoms with van der Waals surface area (Å²) in [6.07, 6.45) is 3.71. The van der Waals surface area contributed by atoms with Gasteiger partial charge in [-0.15, -0.1) is 0 Å². The fourth-order valence-electron chi connectivity index (χ4n) is 2.14. The molecule has 1 heterocycles. The number of hydrogen-bond acceptors (Lipinski definition) is 4. The molecule has 5 heteroatoms. The van der Waals surface area contributed by atoms with E-state index in [1.165, 1.54) is 19.3 Å². The largest absolute Gasteiger partial charge is 0.357 e. The number of carbonyl (C=O) groups excluding carboxylic acids is 1. The lowest BCUT2D eigenvalue weighted by atomic mass is 9.80. The van der Waals surface area contributed by atoms with Crippen molar-refractivity contribution in [1.82, 2.24) is 15.3 Å². The van der Waals surface area contributed by atoms with E-state index in [0.29, 0.717) is 17.6 Å². The number of hydrogen-bond donors (Lipinski definition) is 2. The molecule has 18 heavy (non-hydrogen) atoms. The number of aromatic nitrogens is 2. The van der Waals surface area contributed by atoms with E-state index < -0.39 is 0 Å². The number of amides is 1. The van der Waals surface area contributed by atoms with E-state index in [0.717, 1.165) is 5.69 Å². The summed E-state index contributed by atoms with van der Waals surface area (Å²) in [5.41, 5.74) is 1.22. The molecule has 0 bridgehead atoms. The van der Waals surface area contributed by atoms with Gasteiger partial charge in [0.25, 0.3) is 5.91 Å². The molecule has 1 aliphatic rings. The van der Waals surface area contributed by atoms with E-state index in [4.69, 9.17) is 0 Å². The molecule has 0 saturated heterocycles. The Morgan fingerprint density at radius 2 is 2.17 bits per heavy atom. The Morgan fingerprint density at radius 1 is 1.44 bits per heavy atom. The highest BCUT2D eigenvalue weighted by molar-refractivity contribution is 5.92. The number of rotatable bonds is 4. The molecule has 0 spiro atoms. The van der Waals surface area contributed by atoms with E-state index in [2.05, 4.69) is 27.5 Å². The molecule has 0 radical (unpaired) electrons. The molecule has 1 fully saturated rings. The van der Waals surface area contributed by atoms with Crippen LogP contribution in [0.15, 0.2) is 6.07 Å². The van der Waals surface area contributed by atoms with Gasteiger partial charge in [-0.1, -0.05) is 6.42 Å². The van der Waals surface area contributed by atoms with E-state index in [1.807, 2.05) is 6.92 Å². The van der Waals surface area contributed by atoms with E-state index in [9.17, 15) is 4.79 Å². The predicted molar refractivity (Wildman–Crippen MR) is 70.6 cm³/mol. The lowest BCUT2D eigenvalue weighted by Gasteiger charge is -2.31. The molecular weight excluding hydrogens is 228 g/mol. The molecule has 1 aromatic rings. The summed E-state index contributed by atoms with van der Waals surface area (Å²) in [7, 11) is 1.74. The highest BCUT2D eigenvalue weighted by atomic mass is 16.1. The minimum atomic E-state index is -0.114. The fourth-order valence-corrected chi connectivity index (χ4v) is 2.14. The third-order valence-corrected chi connectivity index (χ3v) is 3.53. The van der Waals surface area contributed by atoms with Crippen molar-refractivity contribution >= 4 is 11.9 Å². The van der Waals surface area contributed by atoms with E-state index >= 15 is 0 Å². The first-order valence-corrected chi connectivity index (χ1v) is 6.44. The molecule has 2 N–H and O–H groups in total. The van der Waals surface area contributed by atoms with Gasteiger partial charge in [0.1, 0.15) is 5.69 Å². The van der Waals surface area contributed by atoms with Crippen molar-refractivity contribution in [2.24, 2.45) is 5.92 Å². The average Bonchev–Trinajstić information content (AvgIpc) is 2.25. The first kappa shape index (κ1) is 12.8. The second kappa shape index (κ2) is 5.33. The molecule has 1 atom stereocenters. The summed E-state index contributed by atoms with van der Waals surface area (Å²) in [6, 6.07) is 1.93. The van der Waals surface area contributed by atoms with Crippen LogP contribution >= 0.6 is 0 Å². The molecule has 0 aromatic carbocycles. The zero-order valence-corrected chi connectivity index (χ0v) is 11.2. The van der Waals surface area contributed by atoms with Crippen molar-refractivity contribution in [3.05, 3.63) is 17.5 Å². The van der Waals surface area contributed by atoms with Gasteiger partial charge in [-0.05, 0) is 38.7 Å². The zero-order chi connectivity index (χ0) is 13.1. The Morgan fingerprint density at radius 3 is 2.72 bits per heavy atom. The first-order valence-electron chi connectivity index (χ1n) is 6.44. The first-order chi connectivity index (χ1) is 8.60. The van der Waals surface area contributed by atoms with Gasteiger partial charge in [0.15, 0.2) is 0 Å². The van der Waals surface area contributed by atoms with Crippen LogP contribution in [0.4, 0.5) is 5.95 Å². The molecule has 1 amide bonds. The smallest absolute Gasteiger partial charge is 0.270 e. The minimum Gasteiger partial charge on any atom is -0.357 e.